The molecule has 0 atom stereocenters. The Hall–Kier alpha value is -4.31. The maximum Gasteiger partial charge on any atom is 0.303 e. The van der Waals surface area contributed by atoms with Crippen molar-refractivity contribution in [1.29, 1.82) is 0 Å². The third kappa shape index (κ3) is 17.0. The molecule has 262 valence electrons. The molecule has 0 aliphatic heterocycles. The number of aryl methyl sites for hydroxylation is 1. The monoisotopic (exact) mass is 707 g/mol. The standard InChI is InChI=1S/C31H34FN3O3.2CH4O3S/c1-31(2,3)29-18-26(21-38-27-7-5-4-6-8-27)35(34-29)20-23-11-9-22(10-12-23)19-33-25-15-13-24(28(32)17-25)14-16-30(36)37;2*1-5(2,3)4/h4-13,15,17-18,33H,14,16,19-21H2,1-3H3,(H,36,37);2*1H3,(H,2,3,4). The lowest BCUT2D eigenvalue weighted by atomic mass is 9.92. The zero-order chi connectivity index (χ0) is 36.1. The van der Waals surface area contributed by atoms with Crippen LogP contribution in [0.1, 0.15) is 55.3 Å². The molecule has 0 radical (unpaired) electrons. The van der Waals surface area contributed by atoms with Gasteiger partial charge >= 0.3 is 5.97 Å². The minimum absolute atomic E-state index is 0.0732. The highest BCUT2D eigenvalue weighted by Crippen LogP contribution is 2.24. The van der Waals surface area contributed by atoms with Crippen molar-refractivity contribution < 1.29 is 45.0 Å². The molecule has 0 amide bonds. The Labute approximate surface area is 281 Å². The average molecular weight is 708 g/mol. The Kier molecular flexibility index (Phi) is 14.7. The minimum atomic E-state index is -3.67. The van der Waals surface area contributed by atoms with E-state index in [1.807, 2.05) is 47.1 Å². The van der Waals surface area contributed by atoms with Crippen molar-refractivity contribution in [2.75, 3.05) is 17.8 Å². The number of carbonyl (C=O) groups is 1. The number of rotatable bonds is 11. The predicted octanol–water partition coefficient (Wildman–Crippen LogP) is 5.58. The predicted molar refractivity (Wildman–Crippen MR) is 182 cm³/mol. The molecular formula is C33H42FN3O9S2. The SMILES string of the molecule is CC(C)(C)c1cc(COc2ccccc2)n(Cc2ccc(CNc3ccc(CCC(=O)O)c(F)c3)cc2)n1.CS(=O)(=O)O.CS(=O)(=O)O. The quantitative estimate of drug-likeness (QED) is 0.143. The largest absolute Gasteiger partial charge is 0.487 e. The fourth-order valence-electron chi connectivity index (χ4n) is 3.99. The van der Waals surface area contributed by atoms with E-state index in [0.717, 1.165) is 28.3 Å². The molecule has 0 saturated heterocycles. The fourth-order valence-corrected chi connectivity index (χ4v) is 3.99. The summed E-state index contributed by atoms with van der Waals surface area (Å²) in [5.41, 5.74) is 5.20. The summed E-state index contributed by atoms with van der Waals surface area (Å²) in [6.45, 7) is 8.05. The summed E-state index contributed by atoms with van der Waals surface area (Å²) in [6.07, 6.45) is 1.52. The van der Waals surface area contributed by atoms with Crippen molar-refractivity contribution in [3.05, 3.63) is 113 Å². The van der Waals surface area contributed by atoms with Crippen LogP contribution in [0.25, 0.3) is 0 Å². The Balaban J connectivity index is 0.000000700. The first-order valence-corrected chi connectivity index (χ1v) is 18.3. The second-order valence-electron chi connectivity index (χ2n) is 11.9. The van der Waals surface area contributed by atoms with Crippen molar-refractivity contribution in [3.8, 4) is 5.75 Å². The molecule has 1 aromatic heterocycles. The molecule has 0 spiro atoms. The first-order valence-electron chi connectivity index (χ1n) is 14.6. The number of hydrogen-bond acceptors (Lipinski definition) is 8. The smallest absolute Gasteiger partial charge is 0.303 e. The van der Waals surface area contributed by atoms with Crippen LogP contribution in [0.5, 0.6) is 5.75 Å². The van der Waals surface area contributed by atoms with E-state index in [1.54, 1.807) is 12.1 Å². The zero-order valence-electron chi connectivity index (χ0n) is 27.4. The summed E-state index contributed by atoms with van der Waals surface area (Å²) < 4.78 is 74.0. The summed E-state index contributed by atoms with van der Waals surface area (Å²) in [5.74, 6) is -0.509. The molecule has 0 unspecified atom stereocenters. The normalized spacial score (nSPS) is 11.4. The second-order valence-corrected chi connectivity index (χ2v) is 14.8. The maximum atomic E-state index is 14.3. The van der Waals surface area contributed by atoms with Gasteiger partial charge in [-0.25, -0.2) is 4.39 Å². The lowest BCUT2D eigenvalue weighted by Crippen LogP contribution is -2.13. The van der Waals surface area contributed by atoms with Crippen LogP contribution >= 0.6 is 0 Å². The summed E-state index contributed by atoms with van der Waals surface area (Å²) in [4.78, 5) is 10.7. The number of nitrogens with zero attached hydrogens (tertiary/aromatic N) is 2. The Morgan fingerprint density at radius 2 is 1.46 bits per heavy atom. The van der Waals surface area contributed by atoms with Gasteiger partial charge in [0.15, 0.2) is 0 Å². The van der Waals surface area contributed by atoms with Gasteiger partial charge < -0.3 is 15.2 Å². The van der Waals surface area contributed by atoms with Gasteiger partial charge in [0.25, 0.3) is 20.2 Å². The number of hydrogen-bond donors (Lipinski definition) is 4. The first-order chi connectivity index (χ1) is 22.2. The van der Waals surface area contributed by atoms with Gasteiger partial charge in [0.2, 0.25) is 0 Å². The van der Waals surface area contributed by atoms with Gasteiger partial charge in [-0.1, -0.05) is 69.3 Å². The van der Waals surface area contributed by atoms with E-state index < -0.39 is 32.0 Å². The van der Waals surface area contributed by atoms with Gasteiger partial charge in [0.1, 0.15) is 18.2 Å². The van der Waals surface area contributed by atoms with Crippen molar-refractivity contribution in [2.45, 2.75) is 58.7 Å². The van der Waals surface area contributed by atoms with Crippen LogP contribution in [-0.2, 0) is 56.6 Å². The van der Waals surface area contributed by atoms with Crippen molar-refractivity contribution in [3.63, 3.8) is 0 Å². The van der Waals surface area contributed by atoms with Crippen molar-refractivity contribution in [1.82, 2.24) is 9.78 Å². The highest BCUT2D eigenvalue weighted by Gasteiger charge is 2.20. The number of anilines is 1. The molecule has 12 nitrogen and oxygen atoms in total. The van der Waals surface area contributed by atoms with Crippen LogP contribution in [0.3, 0.4) is 0 Å². The van der Waals surface area contributed by atoms with Crippen LogP contribution in [0, 0.1) is 5.82 Å². The number of para-hydroxylation sites is 1. The molecule has 3 aromatic carbocycles. The van der Waals surface area contributed by atoms with Crippen LogP contribution < -0.4 is 10.1 Å². The van der Waals surface area contributed by atoms with E-state index >= 15 is 0 Å². The van der Waals surface area contributed by atoms with Gasteiger partial charge in [-0.3, -0.25) is 18.6 Å². The van der Waals surface area contributed by atoms with Crippen molar-refractivity contribution in [2.24, 2.45) is 0 Å². The van der Waals surface area contributed by atoms with Crippen LogP contribution in [0.15, 0.2) is 78.9 Å². The number of carboxylic acid groups (broad SMARTS) is 1. The van der Waals surface area contributed by atoms with Gasteiger partial charge in [-0.05, 0) is 53.4 Å². The molecule has 0 fully saturated rings. The molecule has 4 N–H and O–H groups in total. The molecule has 0 bridgehead atoms. The summed E-state index contributed by atoms with van der Waals surface area (Å²) in [7, 11) is -7.33. The molecule has 1 heterocycles. The summed E-state index contributed by atoms with van der Waals surface area (Å²) >= 11 is 0. The highest BCUT2D eigenvalue weighted by atomic mass is 32.2. The van der Waals surface area contributed by atoms with Gasteiger partial charge in [-0.15, -0.1) is 0 Å². The number of aliphatic carboxylic acids is 1. The summed E-state index contributed by atoms with van der Waals surface area (Å²) in [5, 5.41) is 16.9. The van der Waals surface area contributed by atoms with E-state index in [0.29, 0.717) is 43.5 Å². The Morgan fingerprint density at radius 1 is 0.896 bits per heavy atom. The molecule has 0 aliphatic carbocycles. The fraction of sp³-hybridized carbons (Fsp3) is 0.333. The lowest BCUT2D eigenvalue weighted by molar-refractivity contribution is -0.136. The first kappa shape index (κ1) is 39.9. The zero-order valence-corrected chi connectivity index (χ0v) is 29.1. The van der Waals surface area contributed by atoms with E-state index in [4.69, 9.17) is 24.0 Å². The van der Waals surface area contributed by atoms with Gasteiger partial charge in [-0.2, -0.15) is 21.9 Å². The van der Waals surface area contributed by atoms with E-state index in [-0.39, 0.29) is 18.3 Å². The van der Waals surface area contributed by atoms with Crippen molar-refractivity contribution >= 4 is 31.9 Å². The highest BCUT2D eigenvalue weighted by molar-refractivity contribution is 7.85. The van der Waals surface area contributed by atoms with Crippen LogP contribution in [0.4, 0.5) is 10.1 Å². The summed E-state index contributed by atoms with van der Waals surface area (Å²) in [6, 6.07) is 25.0. The molecule has 4 rings (SSSR count). The third-order valence-electron chi connectivity index (χ3n) is 6.27. The minimum Gasteiger partial charge on any atom is -0.487 e. The lowest BCUT2D eigenvalue weighted by Gasteiger charge is -2.14. The molecule has 4 aromatic rings. The topological polar surface area (TPSA) is 185 Å². The number of nitrogens with one attached hydrogen (secondary N) is 1. The molecule has 15 heteroatoms. The van der Waals surface area contributed by atoms with E-state index in [2.05, 4.69) is 44.3 Å². The van der Waals surface area contributed by atoms with Gasteiger partial charge in [0, 0.05) is 24.1 Å². The number of aromatic nitrogens is 2. The number of ether oxygens (including phenoxy) is 1. The van der Waals surface area contributed by atoms with Crippen LogP contribution in [-0.4, -0.2) is 59.3 Å². The Morgan fingerprint density at radius 3 is 1.98 bits per heavy atom. The number of halogens is 1. The maximum absolute atomic E-state index is 14.3. The molecular weight excluding hydrogens is 666 g/mol. The molecule has 0 saturated carbocycles. The Bertz CT molecular complexity index is 1790. The second kappa shape index (κ2) is 17.7. The van der Waals surface area contributed by atoms with Gasteiger partial charge in [0.05, 0.1) is 30.4 Å². The number of benzene rings is 3. The molecule has 48 heavy (non-hydrogen) atoms. The third-order valence-corrected chi connectivity index (χ3v) is 6.27. The number of carboxylic acids is 1. The van der Waals surface area contributed by atoms with Crippen LogP contribution in [0.2, 0.25) is 0 Å². The molecule has 0 aliphatic rings. The van der Waals surface area contributed by atoms with E-state index in [9.17, 15) is 26.0 Å². The van der Waals surface area contributed by atoms with E-state index in [1.165, 1.54) is 6.07 Å². The average Bonchev–Trinajstić information content (AvgIpc) is 3.37.